The lowest BCUT2D eigenvalue weighted by molar-refractivity contribution is -0.120. The van der Waals surface area contributed by atoms with E-state index in [1.54, 1.807) is 7.05 Å². The van der Waals surface area contributed by atoms with E-state index in [1.165, 1.54) is 38.5 Å². The maximum Gasteiger partial charge on any atom is 0.219 e. The summed E-state index contributed by atoms with van der Waals surface area (Å²) in [5, 5.41) is 2.48. The Morgan fingerprint density at radius 3 is 1.69 bits per heavy atom. The van der Waals surface area contributed by atoms with E-state index < -0.39 is 0 Å². The van der Waals surface area contributed by atoms with E-state index >= 15 is 0 Å². The van der Waals surface area contributed by atoms with Crippen LogP contribution < -0.4 is 5.32 Å². The Labute approximate surface area is 102 Å². The van der Waals surface area contributed by atoms with E-state index in [0.29, 0.717) is 6.42 Å². The molecule has 0 aromatic rings. The van der Waals surface area contributed by atoms with Gasteiger partial charge in [-0.1, -0.05) is 66.2 Å². The molecule has 2 heteroatoms. The van der Waals surface area contributed by atoms with Gasteiger partial charge >= 0.3 is 0 Å². The molecule has 1 aliphatic carbocycles. The van der Waals surface area contributed by atoms with Crippen LogP contribution in [0.3, 0.4) is 0 Å². The molecule has 98 valence electrons. The van der Waals surface area contributed by atoms with Crippen molar-refractivity contribution in [1.29, 1.82) is 0 Å². The smallest absolute Gasteiger partial charge is 0.219 e. The molecule has 0 bridgehead atoms. The number of carbonyl (C=O) groups excluding carboxylic acids is 1. The van der Waals surface area contributed by atoms with Crippen LogP contribution in [0.15, 0.2) is 0 Å². The molecule has 0 unspecified atom stereocenters. The molecule has 1 fully saturated rings. The summed E-state index contributed by atoms with van der Waals surface area (Å²) in [5.74, 6) is 1.13. The maximum atomic E-state index is 10.1. The van der Waals surface area contributed by atoms with Crippen LogP contribution in [0.4, 0.5) is 0 Å². The van der Waals surface area contributed by atoms with Crippen molar-refractivity contribution in [3.8, 4) is 0 Å². The molecule has 0 aromatic carbocycles. The van der Waals surface area contributed by atoms with E-state index in [4.69, 9.17) is 0 Å². The maximum absolute atomic E-state index is 10.1. The third-order valence-electron chi connectivity index (χ3n) is 2.49. The number of amides is 1. The predicted octanol–water partition coefficient (Wildman–Crippen LogP) is 4.15. The normalized spacial score (nSPS) is 15.1. The summed E-state index contributed by atoms with van der Waals surface area (Å²) in [4.78, 5) is 10.1. The predicted molar refractivity (Wildman–Crippen MR) is 72.6 cm³/mol. The summed E-state index contributed by atoms with van der Waals surface area (Å²) in [5.41, 5.74) is 0. The van der Waals surface area contributed by atoms with Crippen LogP contribution in [0, 0.1) is 5.92 Å². The molecular formula is C14H31NO. The molecule has 1 rings (SSSR count). The van der Waals surface area contributed by atoms with Crippen LogP contribution in [-0.2, 0) is 4.79 Å². The SMILES string of the molecule is CC1CCCCC1.CCC.CCC(=O)NC. The lowest BCUT2D eigenvalue weighted by Crippen LogP contribution is -2.15. The Kier molecular flexibility index (Phi) is 16.1. The van der Waals surface area contributed by atoms with Crippen LogP contribution >= 0.6 is 0 Å². The van der Waals surface area contributed by atoms with Gasteiger partial charge in [-0.25, -0.2) is 0 Å². The summed E-state index contributed by atoms with van der Waals surface area (Å²) in [6, 6.07) is 0. The second-order valence-electron chi connectivity index (χ2n) is 4.48. The van der Waals surface area contributed by atoms with Crippen molar-refractivity contribution in [2.45, 2.75) is 72.6 Å². The molecule has 0 aromatic heterocycles. The molecule has 0 saturated heterocycles. The highest BCUT2D eigenvalue weighted by Gasteiger charge is 2.05. The lowest BCUT2D eigenvalue weighted by Gasteiger charge is -2.15. The van der Waals surface area contributed by atoms with Crippen LogP contribution in [0.1, 0.15) is 72.6 Å². The van der Waals surface area contributed by atoms with Gasteiger partial charge in [0.1, 0.15) is 0 Å². The summed E-state index contributed by atoms with van der Waals surface area (Å²) in [6.07, 6.45) is 9.27. The molecule has 1 N–H and O–H groups in total. The standard InChI is InChI=1S/C7H14.C4H9NO.C3H8/c1-7-5-3-2-4-6-7;1-3-4(6)5-2;1-3-2/h7H,2-6H2,1H3;3H2,1-2H3,(H,5,6);3H2,1-2H3. The van der Waals surface area contributed by atoms with Crippen molar-refractivity contribution in [1.82, 2.24) is 5.32 Å². The monoisotopic (exact) mass is 229 g/mol. The minimum Gasteiger partial charge on any atom is -0.359 e. The van der Waals surface area contributed by atoms with Gasteiger partial charge in [-0.05, 0) is 5.92 Å². The fraction of sp³-hybridized carbons (Fsp3) is 0.929. The molecule has 0 aliphatic heterocycles. The Balaban J connectivity index is 0. The van der Waals surface area contributed by atoms with Gasteiger partial charge in [-0.15, -0.1) is 0 Å². The highest BCUT2D eigenvalue weighted by Crippen LogP contribution is 2.22. The van der Waals surface area contributed by atoms with E-state index in [0.717, 1.165) is 5.92 Å². The fourth-order valence-corrected chi connectivity index (χ4v) is 1.48. The first-order valence-electron chi connectivity index (χ1n) is 6.82. The average molecular weight is 229 g/mol. The van der Waals surface area contributed by atoms with Crippen LogP contribution in [-0.4, -0.2) is 13.0 Å². The third kappa shape index (κ3) is 15.9. The third-order valence-corrected chi connectivity index (χ3v) is 2.49. The van der Waals surface area contributed by atoms with Crippen LogP contribution in [0.25, 0.3) is 0 Å². The van der Waals surface area contributed by atoms with E-state index in [2.05, 4.69) is 26.1 Å². The summed E-state index contributed by atoms with van der Waals surface area (Å²) in [6.45, 7) is 8.43. The number of hydrogen-bond acceptors (Lipinski definition) is 1. The second-order valence-corrected chi connectivity index (χ2v) is 4.48. The van der Waals surface area contributed by atoms with Crippen molar-refractivity contribution >= 4 is 5.91 Å². The second kappa shape index (κ2) is 14.5. The van der Waals surface area contributed by atoms with Crippen molar-refractivity contribution in [2.24, 2.45) is 5.92 Å². The average Bonchev–Trinajstić information content (AvgIpc) is 2.31. The number of rotatable bonds is 1. The zero-order chi connectivity index (χ0) is 12.8. The Bertz CT molecular complexity index is 134. The quantitative estimate of drug-likeness (QED) is 0.719. The fourth-order valence-electron chi connectivity index (χ4n) is 1.48. The number of hydrogen-bond donors (Lipinski definition) is 1. The van der Waals surface area contributed by atoms with Gasteiger partial charge < -0.3 is 5.32 Å². The van der Waals surface area contributed by atoms with Crippen LogP contribution in [0.2, 0.25) is 0 Å². The molecule has 16 heavy (non-hydrogen) atoms. The first-order valence-corrected chi connectivity index (χ1v) is 6.82. The molecule has 0 spiro atoms. The number of carbonyl (C=O) groups is 1. The zero-order valence-electron chi connectivity index (χ0n) is 11.9. The Morgan fingerprint density at radius 1 is 1.12 bits per heavy atom. The number of nitrogens with one attached hydrogen (secondary N) is 1. The molecule has 2 nitrogen and oxygen atoms in total. The van der Waals surface area contributed by atoms with Gasteiger partial charge in [-0.3, -0.25) is 4.79 Å². The lowest BCUT2D eigenvalue weighted by atomic mass is 9.91. The zero-order valence-corrected chi connectivity index (χ0v) is 11.9. The van der Waals surface area contributed by atoms with Gasteiger partial charge in [0.05, 0.1) is 0 Å². The molecule has 1 saturated carbocycles. The largest absolute Gasteiger partial charge is 0.359 e. The van der Waals surface area contributed by atoms with Crippen molar-refractivity contribution in [3.05, 3.63) is 0 Å². The van der Waals surface area contributed by atoms with Gasteiger partial charge in [0, 0.05) is 13.5 Å². The van der Waals surface area contributed by atoms with Crippen molar-refractivity contribution in [2.75, 3.05) is 7.05 Å². The summed E-state index contributed by atoms with van der Waals surface area (Å²) in [7, 11) is 1.63. The highest BCUT2D eigenvalue weighted by molar-refractivity contribution is 5.74. The van der Waals surface area contributed by atoms with Gasteiger partial charge in [0.2, 0.25) is 5.91 Å². The molecule has 0 atom stereocenters. The first-order chi connectivity index (χ1) is 7.62. The van der Waals surface area contributed by atoms with E-state index in [9.17, 15) is 4.79 Å². The minimum absolute atomic E-state index is 0.0926. The summed E-state index contributed by atoms with van der Waals surface area (Å²) < 4.78 is 0. The summed E-state index contributed by atoms with van der Waals surface area (Å²) >= 11 is 0. The minimum atomic E-state index is 0.0926. The van der Waals surface area contributed by atoms with Gasteiger partial charge in [-0.2, -0.15) is 0 Å². The molecular weight excluding hydrogens is 198 g/mol. The first kappa shape index (κ1) is 17.9. The van der Waals surface area contributed by atoms with Crippen molar-refractivity contribution < 1.29 is 4.79 Å². The highest BCUT2D eigenvalue weighted by atomic mass is 16.1. The molecule has 1 aliphatic rings. The van der Waals surface area contributed by atoms with E-state index in [1.807, 2.05) is 6.92 Å². The Hall–Kier alpha value is -0.530. The van der Waals surface area contributed by atoms with E-state index in [-0.39, 0.29) is 5.91 Å². The van der Waals surface area contributed by atoms with Crippen molar-refractivity contribution in [3.63, 3.8) is 0 Å². The van der Waals surface area contributed by atoms with Crippen LogP contribution in [0.5, 0.6) is 0 Å². The molecule has 0 radical (unpaired) electrons. The van der Waals surface area contributed by atoms with Gasteiger partial charge in [0.15, 0.2) is 0 Å². The topological polar surface area (TPSA) is 29.1 Å². The van der Waals surface area contributed by atoms with Gasteiger partial charge in [0.25, 0.3) is 0 Å². The molecule has 0 heterocycles. The molecule has 1 amide bonds. The Morgan fingerprint density at radius 2 is 1.56 bits per heavy atom.